The molecule has 3 nitrogen and oxygen atoms in total. The van der Waals surface area contributed by atoms with Crippen LogP contribution in [0.5, 0.6) is 5.75 Å². The van der Waals surface area contributed by atoms with Gasteiger partial charge in [-0.25, -0.2) is 0 Å². The van der Waals surface area contributed by atoms with Crippen molar-refractivity contribution < 1.29 is 9.53 Å². The van der Waals surface area contributed by atoms with E-state index >= 15 is 0 Å². The van der Waals surface area contributed by atoms with Gasteiger partial charge in [0.05, 0.1) is 18.7 Å². The smallest absolute Gasteiger partial charge is 0.185 e. The Morgan fingerprint density at radius 2 is 1.46 bits per heavy atom. The molecule has 0 amide bonds. The van der Waals surface area contributed by atoms with Gasteiger partial charge in [0.15, 0.2) is 5.78 Å². The lowest BCUT2D eigenvalue weighted by atomic mass is 10.0. The average molecular weight is 339 g/mol. The van der Waals surface area contributed by atoms with E-state index in [0.29, 0.717) is 11.1 Å². The van der Waals surface area contributed by atoms with Crippen LogP contribution in [0.2, 0.25) is 0 Å². The monoisotopic (exact) mass is 339 g/mol. The Balaban J connectivity index is 1.70. The zero-order valence-electron chi connectivity index (χ0n) is 14.3. The first-order valence-corrected chi connectivity index (χ1v) is 8.16. The van der Waals surface area contributed by atoms with E-state index in [9.17, 15) is 4.79 Å². The number of rotatable bonds is 5. The van der Waals surface area contributed by atoms with Crippen LogP contribution >= 0.6 is 0 Å². The molecule has 0 saturated carbocycles. The summed E-state index contributed by atoms with van der Waals surface area (Å²) >= 11 is 0. The van der Waals surface area contributed by atoms with Crippen LogP contribution in [0.1, 0.15) is 21.5 Å². The predicted molar refractivity (Wildman–Crippen MR) is 103 cm³/mol. The van der Waals surface area contributed by atoms with Gasteiger partial charge in [-0.1, -0.05) is 42.5 Å². The number of methoxy groups -OCH3 is 1. The van der Waals surface area contributed by atoms with Gasteiger partial charge in [-0.05, 0) is 59.2 Å². The van der Waals surface area contributed by atoms with Crippen LogP contribution in [0.3, 0.4) is 0 Å². The fourth-order valence-electron chi connectivity index (χ4n) is 2.55. The average Bonchev–Trinajstić information content (AvgIpc) is 2.72. The Bertz CT molecular complexity index is 961. The van der Waals surface area contributed by atoms with Crippen LogP contribution in [-0.4, -0.2) is 12.9 Å². The molecule has 0 N–H and O–H groups in total. The van der Waals surface area contributed by atoms with Crippen LogP contribution in [0.25, 0.3) is 17.2 Å². The quantitative estimate of drug-likeness (QED) is 0.478. The van der Waals surface area contributed by atoms with E-state index in [1.165, 1.54) is 0 Å². The number of hydrogen-bond acceptors (Lipinski definition) is 3. The molecule has 0 radical (unpaired) electrons. The molecule has 0 bridgehead atoms. The van der Waals surface area contributed by atoms with Gasteiger partial charge in [-0.3, -0.25) is 4.79 Å². The number of ether oxygens (including phenoxy) is 1. The van der Waals surface area contributed by atoms with Crippen molar-refractivity contribution in [3.05, 3.63) is 95.6 Å². The van der Waals surface area contributed by atoms with E-state index in [1.54, 1.807) is 55.7 Å². The van der Waals surface area contributed by atoms with Crippen LogP contribution in [0.15, 0.2) is 78.9 Å². The van der Waals surface area contributed by atoms with Gasteiger partial charge in [0.1, 0.15) is 5.75 Å². The van der Waals surface area contributed by atoms with Crippen molar-refractivity contribution >= 4 is 11.9 Å². The van der Waals surface area contributed by atoms with Gasteiger partial charge in [-0.2, -0.15) is 5.26 Å². The van der Waals surface area contributed by atoms with E-state index in [1.807, 2.05) is 36.4 Å². The summed E-state index contributed by atoms with van der Waals surface area (Å²) < 4.78 is 5.09. The molecular formula is C23H17NO2. The van der Waals surface area contributed by atoms with Crippen LogP contribution in [-0.2, 0) is 0 Å². The molecule has 126 valence electrons. The van der Waals surface area contributed by atoms with Gasteiger partial charge < -0.3 is 4.74 Å². The largest absolute Gasteiger partial charge is 0.497 e. The summed E-state index contributed by atoms with van der Waals surface area (Å²) in [5.74, 6) is 0.674. The molecule has 0 unspecified atom stereocenters. The van der Waals surface area contributed by atoms with Crippen molar-refractivity contribution in [1.82, 2.24) is 0 Å². The van der Waals surface area contributed by atoms with Gasteiger partial charge in [-0.15, -0.1) is 0 Å². The van der Waals surface area contributed by atoms with Crippen molar-refractivity contribution in [3.8, 4) is 22.9 Å². The van der Waals surface area contributed by atoms with Crippen molar-refractivity contribution in [2.75, 3.05) is 7.11 Å². The molecule has 0 aliphatic heterocycles. The molecule has 3 aromatic carbocycles. The number of ketones is 1. The number of benzene rings is 3. The van der Waals surface area contributed by atoms with Crippen LogP contribution in [0.4, 0.5) is 0 Å². The van der Waals surface area contributed by atoms with Gasteiger partial charge in [0, 0.05) is 5.56 Å². The molecule has 0 aliphatic rings. The third kappa shape index (κ3) is 4.06. The van der Waals surface area contributed by atoms with Gasteiger partial charge in [0.25, 0.3) is 0 Å². The Labute approximate surface area is 152 Å². The van der Waals surface area contributed by atoms with E-state index in [4.69, 9.17) is 10.00 Å². The maximum Gasteiger partial charge on any atom is 0.185 e. The summed E-state index contributed by atoms with van der Waals surface area (Å²) in [5, 5.41) is 8.86. The summed E-state index contributed by atoms with van der Waals surface area (Å²) in [4.78, 5) is 12.2. The Morgan fingerprint density at radius 1 is 0.885 bits per heavy atom. The molecule has 0 atom stereocenters. The topological polar surface area (TPSA) is 50.1 Å². The normalized spacial score (nSPS) is 10.5. The zero-order valence-corrected chi connectivity index (χ0v) is 14.3. The van der Waals surface area contributed by atoms with E-state index in [-0.39, 0.29) is 5.78 Å². The molecule has 0 aliphatic carbocycles. The van der Waals surface area contributed by atoms with Crippen molar-refractivity contribution in [2.24, 2.45) is 0 Å². The Morgan fingerprint density at radius 3 is 2.00 bits per heavy atom. The number of carbonyl (C=O) groups excluding carboxylic acids is 1. The second-order valence-corrected chi connectivity index (χ2v) is 5.74. The summed E-state index contributed by atoms with van der Waals surface area (Å²) in [6.45, 7) is 0. The third-order valence-corrected chi connectivity index (χ3v) is 4.06. The first-order chi connectivity index (χ1) is 12.7. The van der Waals surface area contributed by atoms with Gasteiger partial charge >= 0.3 is 0 Å². The highest BCUT2D eigenvalue weighted by Gasteiger charge is 2.02. The van der Waals surface area contributed by atoms with E-state index in [2.05, 4.69) is 6.07 Å². The minimum absolute atomic E-state index is 0.0520. The lowest BCUT2D eigenvalue weighted by Gasteiger charge is -2.03. The predicted octanol–water partition coefficient (Wildman–Crippen LogP) is 5.13. The van der Waals surface area contributed by atoms with E-state index in [0.717, 1.165) is 22.4 Å². The molecule has 3 heteroatoms. The second-order valence-electron chi connectivity index (χ2n) is 5.74. The van der Waals surface area contributed by atoms with Gasteiger partial charge in [0.2, 0.25) is 0 Å². The SMILES string of the molecule is COc1ccc(C(=O)/C=C/c2ccc(-c3ccc(C#N)cc3)cc2)cc1. The number of nitriles is 1. The molecule has 0 saturated heterocycles. The molecule has 26 heavy (non-hydrogen) atoms. The molecule has 0 spiro atoms. The third-order valence-electron chi connectivity index (χ3n) is 4.06. The maximum atomic E-state index is 12.2. The maximum absolute atomic E-state index is 12.2. The molecule has 0 heterocycles. The highest BCUT2D eigenvalue weighted by molar-refractivity contribution is 6.06. The molecule has 0 aromatic heterocycles. The lowest BCUT2D eigenvalue weighted by molar-refractivity contribution is 0.104. The fourth-order valence-corrected chi connectivity index (χ4v) is 2.55. The van der Waals surface area contributed by atoms with Crippen molar-refractivity contribution in [2.45, 2.75) is 0 Å². The minimum atomic E-state index is -0.0520. The molecule has 3 rings (SSSR count). The standard InChI is InChI=1S/C23H17NO2/c1-26-22-13-11-21(12-14-22)23(25)15-6-17-2-7-19(8-3-17)20-9-4-18(16-24)5-10-20/h2-15H,1H3/b15-6+. The number of hydrogen-bond donors (Lipinski definition) is 0. The minimum Gasteiger partial charge on any atom is -0.497 e. The fraction of sp³-hybridized carbons (Fsp3) is 0.0435. The zero-order chi connectivity index (χ0) is 18.4. The summed E-state index contributed by atoms with van der Waals surface area (Å²) in [5.41, 5.74) is 4.33. The number of nitrogens with zero attached hydrogens (tertiary/aromatic N) is 1. The Kier molecular flexibility index (Phi) is 5.26. The lowest BCUT2D eigenvalue weighted by Crippen LogP contribution is -1.94. The van der Waals surface area contributed by atoms with Crippen LogP contribution in [0, 0.1) is 11.3 Å². The van der Waals surface area contributed by atoms with Crippen molar-refractivity contribution in [3.63, 3.8) is 0 Å². The first-order valence-electron chi connectivity index (χ1n) is 8.16. The highest BCUT2D eigenvalue weighted by Crippen LogP contribution is 2.21. The number of carbonyl (C=O) groups is 1. The summed E-state index contributed by atoms with van der Waals surface area (Å²) in [7, 11) is 1.60. The molecular weight excluding hydrogens is 322 g/mol. The molecule has 3 aromatic rings. The Hall–Kier alpha value is -3.64. The van der Waals surface area contributed by atoms with E-state index < -0.39 is 0 Å². The highest BCUT2D eigenvalue weighted by atomic mass is 16.5. The number of allylic oxidation sites excluding steroid dienone is 1. The molecule has 0 fully saturated rings. The van der Waals surface area contributed by atoms with Crippen molar-refractivity contribution in [1.29, 1.82) is 5.26 Å². The summed E-state index contributed by atoms with van der Waals surface area (Å²) in [6, 6.07) is 24.5. The summed E-state index contributed by atoms with van der Waals surface area (Å²) in [6.07, 6.45) is 3.37. The first kappa shape index (κ1) is 17.2. The second kappa shape index (κ2) is 7.96. The van der Waals surface area contributed by atoms with Crippen LogP contribution < -0.4 is 4.74 Å².